The molecule has 1 atom stereocenters. The van der Waals surface area contributed by atoms with E-state index >= 15 is 0 Å². The van der Waals surface area contributed by atoms with Gasteiger partial charge in [-0.2, -0.15) is 13.2 Å². The number of nitrogens with zero attached hydrogens (tertiary/aromatic N) is 4. The summed E-state index contributed by atoms with van der Waals surface area (Å²) in [6.07, 6.45) is -2.61. The Kier molecular flexibility index (Phi) is 4.91. The molecule has 1 fully saturated rings. The van der Waals surface area contributed by atoms with Gasteiger partial charge in [-0.25, -0.2) is 4.98 Å². The predicted molar refractivity (Wildman–Crippen MR) is 82.8 cm³/mol. The van der Waals surface area contributed by atoms with Gasteiger partial charge in [0.15, 0.2) is 5.69 Å². The molecule has 9 heteroatoms. The number of halogens is 3. The van der Waals surface area contributed by atoms with Crippen molar-refractivity contribution in [2.45, 2.75) is 51.2 Å². The van der Waals surface area contributed by atoms with Gasteiger partial charge >= 0.3 is 6.18 Å². The first-order chi connectivity index (χ1) is 11.3. The maximum Gasteiger partial charge on any atom is 0.434 e. The molecule has 0 aromatic carbocycles. The second-order valence-corrected chi connectivity index (χ2v) is 7.22. The van der Waals surface area contributed by atoms with Crippen molar-refractivity contribution in [3.63, 3.8) is 0 Å². The molecule has 0 bridgehead atoms. The summed E-state index contributed by atoms with van der Waals surface area (Å²) in [6.45, 7) is 6.01. The number of aromatic nitrogens is 3. The van der Waals surface area contributed by atoms with Crippen molar-refractivity contribution in [2.75, 3.05) is 13.1 Å². The average molecular weight is 360 g/mol. The molecule has 0 saturated carbocycles. The fourth-order valence-corrected chi connectivity index (χ4v) is 3.72. The molecule has 1 unspecified atom stereocenters. The summed E-state index contributed by atoms with van der Waals surface area (Å²) < 4.78 is 43.7. The van der Waals surface area contributed by atoms with Crippen LogP contribution in [0, 0.1) is 0 Å². The second kappa shape index (κ2) is 6.79. The third-order valence-corrected chi connectivity index (χ3v) is 5.01. The predicted octanol–water partition coefficient (Wildman–Crippen LogP) is 4.05. The summed E-state index contributed by atoms with van der Waals surface area (Å²) >= 11 is 1.09. The van der Waals surface area contributed by atoms with Gasteiger partial charge in [0.25, 0.3) is 0 Å². The first kappa shape index (κ1) is 17.3. The Bertz CT molecular complexity index is 682. The molecule has 5 nitrogen and oxygen atoms in total. The molecule has 24 heavy (non-hydrogen) atoms. The minimum Gasteiger partial charge on any atom is -0.424 e. The second-order valence-electron chi connectivity index (χ2n) is 6.33. The maximum absolute atomic E-state index is 12.7. The minimum absolute atomic E-state index is 0.0207. The van der Waals surface area contributed by atoms with Crippen LogP contribution in [0.25, 0.3) is 0 Å². The van der Waals surface area contributed by atoms with Gasteiger partial charge in [0.05, 0.1) is 11.6 Å². The monoisotopic (exact) mass is 360 g/mol. The van der Waals surface area contributed by atoms with E-state index in [0.717, 1.165) is 36.1 Å². The summed E-state index contributed by atoms with van der Waals surface area (Å²) in [6, 6.07) is 0. The largest absolute Gasteiger partial charge is 0.434 e. The highest BCUT2D eigenvalue weighted by Crippen LogP contribution is 2.35. The molecule has 132 valence electrons. The van der Waals surface area contributed by atoms with Gasteiger partial charge in [-0.1, -0.05) is 13.8 Å². The molecule has 2 aromatic heterocycles. The zero-order valence-corrected chi connectivity index (χ0v) is 14.3. The number of hydrogen-bond donors (Lipinski definition) is 0. The summed E-state index contributed by atoms with van der Waals surface area (Å²) in [5, 5.41) is 9.71. The Morgan fingerprint density at radius 3 is 2.79 bits per heavy atom. The topological polar surface area (TPSA) is 55.1 Å². The number of likely N-dealkylation sites (tertiary alicyclic amines) is 1. The van der Waals surface area contributed by atoms with Gasteiger partial charge in [0.1, 0.15) is 0 Å². The van der Waals surface area contributed by atoms with E-state index in [1.54, 1.807) is 0 Å². The van der Waals surface area contributed by atoms with Gasteiger partial charge < -0.3 is 4.42 Å². The van der Waals surface area contributed by atoms with Crippen LogP contribution in [0.3, 0.4) is 0 Å². The van der Waals surface area contributed by atoms with Crippen molar-refractivity contribution in [1.82, 2.24) is 20.1 Å². The van der Waals surface area contributed by atoms with E-state index in [4.69, 9.17) is 4.42 Å². The van der Waals surface area contributed by atoms with Crippen LogP contribution in [-0.2, 0) is 12.7 Å². The molecule has 0 radical (unpaired) electrons. The number of thiazole rings is 1. The van der Waals surface area contributed by atoms with E-state index in [-0.39, 0.29) is 11.8 Å². The van der Waals surface area contributed by atoms with Crippen molar-refractivity contribution in [2.24, 2.45) is 0 Å². The van der Waals surface area contributed by atoms with Crippen molar-refractivity contribution in [1.29, 1.82) is 0 Å². The van der Waals surface area contributed by atoms with E-state index in [0.29, 0.717) is 29.9 Å². The smallest absolute Gasteiger partial charge is 0.424 e. The lowest BCUT2D eigenvalue weighted by molar-refractivity contribution is -0.140. The molecule has 3 heterocycles. The summed E-state index contributed by atoms with van der Waals surface area (Å²) in [5.41, 5.74) is -0.793. The average Bonchev–Trinajstić information content (AvgIpc) is 3.16. The fraction of sp³-hybridized carbons (Fsp3) is 0.667. The highest BCUT2D eigenvalue weighted by atomic mass is 32.1. The van der Waals surface area contributed by atoms with Crippen molar-refractivity contribution in [3.8, 4) is 0 Å². The summed E-state index contributed by atoms with van der Waals surface area (Å²) in [5.74, 6) is 1.35. The molecular formula is C15H19F3N4OS. The zero-order valence-electron chi connectivity index (χ0n) is 13.5. The van der Waals surface area contributed by atoms with E-state index in [2.05, 4.69) is 20.1 Å². The summed E-state index contributed by atoms with van der Waals surface area (Å²) in [4.78, 5) is 5.93. The molecule has 2 aromatic rings. The van der Waals surface area contributed by atoms with Crippen LogP contribution in [0.2, 0.25) is 0 Å². The molecule has 1 aliphatic rings. The van der Waals surface area contributed by atoms with E-state index in [1.165, 1.54) is 0 Å². The molecule has 1 saturated heterocycles. The molecule has 0 amide bonds. The lowest BCUT2D eigenvalue weighted by Gasteiger charge is -2.30. The standard InChI is InChI=1S/C15H19F3N4OS/c1-9(2)13-21-20-12(23-13)7-22-5-3-4-10(6-22)14-19-11(8-24-14)15(16,17)18/h8-10H,3-7H2,1-2H3. The summed E-state index contributed by atoms with van der Waals surface area (Å²) in [7, 11) is 0. The molecule has 0 aliphatic carbocycles. The van der Waals surface area contributed by atoms with Crippen LogP contribution in [0.4, 0.5) is 13.2 Å². The first-order valence-corrected chi connectivity index (χ1v) is 8.78. The Balaban J connectivity index is 1.64. The fourth-order valence-electron chi connectivity index (χ4n) is 2.76. The van der Waals surface area contributed by atoms with Crippen LogP contribution >= 0.6 is 11.3 Å². The van der Waals surface area contributed by atoms with Crippen LogP contribution in [0.1, 0.15) is 61.0 Å². The minimum atomic E-state index is -4.37. The quantitative estimate of drug-likeness (QED) is 0.823. The molecule has 3 rings (SSSR count). The van der Waals surface area contributed by atoms with Crippen molar-refractivity contribution < 1.29 is 17.6 Å². The van der Waals surface area contributed by atoms with Crippen LogP contribution in [-0.4, -0.2) is 33.2 Å². The van der Waals surface area contributed by atoms with E-state index in [9.17, 15) is 13.2 Å². The van der Waals surface area contributed by atoms with Crippen LogP contribution in [0.5, 0.6) is 0 Å². The number of rotatable bonds is 4. The zero-order chi connectivity index (χ0) is 17.3. The van der Waals surface area contributed by atoms with Crippen molar-refractivity contribution >= 4 is 11.3 Å². The molecule has 1 aliphatic heterocycles. The highest BCUT2D eigenvalue weighted by Gasteiger charge is 2.35. The van der Waals surface area contributed by atoms with E-state index in [1.807, 2.05) is 13.8 Å². The van der Waals surface area contributed by atoms with Crippen molar-refractivity contribution in [3.05, 3.63) is 27.9 Å². The van der Waals surface area contributed by atoms with Gasteiger partial charge in [-0.05, 0) is 19.4 Å². The number of piperidine rings is 1. The molecule has 0 N–H and O–H groups in total. The van der Waals surface area contributed by atoms with Gasteiger partial charge in [0.2, 0.25) is 11.8 Å². The van der Waals surface area contributed by atoms with E-state index < -0.39 is 11.9 Å². The Labute approximate surface area is 141 Å². The van der Waals surface area contributed by atoms with Gasteiger partial charge in [0, 0.05) is 23.8 Å². The lowest BCUT2D eigenvalue weighted by atomic mass is 9.99. The number of hydrogen-bond acceptors (Lipinski definition) is 6. The number of alkyl halides is 3. The SMILES string of the molecule is CC(C)c1nnc(CN2CCCC(c3nc(C(F)(F)F)cs3)C2)o1. The normalized spacial score (nSPS) is 20.0. The third-order valence-electron chi connectivity index (χ3n) is 4.00. The first-order valence-electron chi connectivity index (χ1n) is 7.90. The maximum atomic E-state index is 12.7. The van der Waals surface area contributed by atoms with Gasteiger partial charge in [-0.3, -0.25) is 4.90 Å². The van der Waals surface area contributed by atoms with Gasteiger partial charge in [-0.15, -0.1) is 21.5 Å². The Morgan fingerprint density at radius 2 is 2.17 bits per heavy atom. The third kappa shape index (κ3) is 3.94. The Morgan fingerprint density at radius 1 is 1.38 bits per heavy atom. The van der Waals surface area contributed by atoms with Crippen LogP contribution in [0.15, 0.2) is 9.80 Å². The Hall–Kier alpha value is -1.48. The van der Waals surface area contributed by atoms with Crippen LogP contribution < -0.4 is 0 Å². The molecular weight excluding hydrogens is 341 g/mol. The molecule has 0 spiro atoms. The highest BCUT2D eigenvalue weighted by molar-refractivity contribution is 7.09. The lowest BCUT2D eigenvalue weighted by Crippen LogP contribution is -2.34.